The third-order valence-corrected chi connectivity index (χ3v) is 3.51. The van der Waals surface area contributed by atoms with Crippen LogP contribution in [0.5, 0.6) is 0 Å². The van der Waals surface area contributed by atoms with Crippen LogP contribution in [0, 0.1) is 0 Å². The van der Waals surface area contributed by atoms with Gasteiger partial charge in [0.15, 0.2) is 0 Å². The molecule has 1 aliphatic rings. The van der Waals surface area contributed by atoms with Crippen molar-refractivity contribution in [1.82, 2.24) is 19.4 Å². The zero-order chi connectivity index (χ0) is 11.8. The van der Waals surface area contributed by atoms with E-state index in [2.05, 4.69) is 10.3 Å². The molecule has 0 saturated carbocycles. The summed E-state index contributed by atoms with van der Waals surface area (Å²) in [7, 11) is 1.81. The summed E-state index contributed by atoms with van der Waals surface area (Å²) in [5.74, 6) is 0. The third-order valence-electron chi connectivity index (χ3n) is 3.51. The number of hydrogen-bond acceptors (Lipinski definition) is 3. The van der Waals surface area contributed by atoms with Gasteiger partial charge >= 0.3 is 5.69 Å². The van der Waals surface area contributed by atoms with E-state index >= 15 is 0 Å². The topological polar surface area (TPSA) is 51.9 Å². The molecular formula is C12H16N4O. The smallest absolute Gasteiger partial charge is 0.312 e. The van der Waals surface area contributed by atoms with Crippen LogP contribution in [-0.2, 0) is 13.6 Å². The lowest BCUT2D eigenvalue weighted by Crippen LogP contribution is -2.32. The van der Waals surface area contributed by atoms with Gasteiger partial charge in [0.1, 0.15) is 0 Å². The number of fused-ring (bicyclic) bond motifs is 1. The molecule has 0 amide bonds. The molecule has 1 unspecified atom stereocenters. The van der Waals surface area contributed by atoms with Crippen LogP contribution >= 0.6 is 0 Å². The first kappa shape index (κ1) is 10.5. The molecule has 0 aromatic carbocycles. The largest absolute Gasteiger partial charge is 0.328 e. The van der Waals surface area contributed by atoms with Crippen LogP contribution in [0.4, 0.5) is 0 Å². The zero-order valence-electron chi connectivity index (χ0n) is 9.89. The van der Waals surface area contributed by atoms with Crippen molar-refractivity contribution in [3.63, 3.8) is 0 Å². The Balaban J connectivity index is 2.08. The Hall–Kier alpha value is -1.62. The van der Waals surface area contributed by atoms with Crippen molar-refractivity contribution in [2.75, 3.05) is 6.54 Å². The van der Waals surface area contributed by atoms with Crippen molar-refractivity contribution in [3.05, 3.63) is 28.9 Å². The van der Waals surface area contributed by atoms with Gasteiger partial charge in [-0.3, -0.25) is 14.1 Å². The number of imidazole rings is 1. The number of aryl methyl sites for hydroxylation is 1. The third kappa shape index (κ3) is 1.67. The highest BCUT2D eigenvalue weighted by molar-refractivity contribution is 5.74. The van der Waals surface area contributed by atoms with Gasteiger partial charge in [-0.2, -0.15) is 0 Å². The van der Waals surface area contributed by atoms with Crippen LogP contribution in [0.15, 0.2) is 23.3 Å². The highest BCUT2D eigenvalue weighted by Gasteiger charge is 2.18. The Kier molecular flexibility index (Phi) is 2.48. The number of aromatic nitrogens is 3. The molecule has 5 heteroatoms. The fourth-order valence-electron chi connectivity index (χ4n) is 2.57. The molecule has 90 valence electrons. The molecule has 2 aromatic heterocycles. The molecular weight excluding hydrogens is 216 g/mol. The lowest BCUT2D eigenvalue weighted by atomic mass is 10.2. The normalized spacial score (nSPS) is 20.2. The second-order valence-corrected chi connectivity index (χ2v) is 4.61. The van der Waals surface area contributed by atoms with E-state index in [4.69, 9.17) is 0 Å². The van der Waals surface area contributed by atoms with Gasteiger partial charge < -0.3 is 5.32 Å². The van der Waals surface area contributed by atoms with Gasteiger partial charge in [0.05, 0.1) is 17.2 Å². The summed E-state index contributed by atoms with van der Waals surface area (Å²) in [5.41, 5.74) is 1.92. The molecule has 3 rings (SSSR count). The predicted molar refractivity (Wildman–Crippen MR) is 66.0 cm³/mol. The van der Waals surface area contributed by atoms with Crippen molar-refractivity contribution in [2.45, 2.75) is 25.4 Å². The van der Waals surface area contributed by atoms with E-state index in [0.717, 1.165) is 30.5 Å². The predicted octanol–water partition coefficient (Wildman–Crippen LogP) is 0.487. The van der Waals surface area contributed by atoms with Gasteiger partial charge in [-0.1, -0.05) is 0 Å². The molecule has 1 saturated heterocycles. The molecule has 0 bridgehead atoms. The fraction of sp³-hybridized carbons (Fsp3) is 0.500. The SMILES string of the molecule is Cn1c(=O)n(CC2CCCN2)c2cnccc21. The number of hydrogen-bond donors (Lipinski definition) is 1. The maximum atomic E-state index is 12.1. The Morgan fingerprint density at radius 1 is 1.53 bits per heavy atom. The first-order valence-electron chi connectivity index (χ1n) is 6.00. The van der Waals surface area contributed by atoms with Crippen molar-refractivity contribution in [1.29, 1.82) is 0 Å². The molecule has 3 heterocycles. The minimum absolute atomic E-state index is 0.0432. The minimum atomic E-state index is 0.0432. The number of pyridine rings is 1. The molecule has 17 heavy (non-hydrogen) atoms. The average Bonchev–Trinajstić information content (AvgIpc) is 2.94. The lowest BCUT2D eigenvalue weighted by Gasteiger charge is -2.10. The summed E-state index contributed by atoms with van der Waals surface area (Å²) >= 11 is 0. The first-order valence-corrected chi connectivity index (χ1v) is 6.00. The van der Waals surface area contributed by atoms with E-state index in [1.165, 1.54) is 6.42 Å². The van der Waals surface area contributed by atoms with Crippen LogP contribution < -0.4 is 11.0 Å². The van der Waals surface area contributed by atoms with Crippen molar-refractivity contribution in [3.8, 4) is 0 Å². The second-order valence-electron chi connectivity index (χ2n) is 4.61. The molecule has 1 fully saturated rings. The highest BCUT2D eigenvalue weighted by atomic mass is 16.1. The maximum absolute atomic E-state index is 12.1. The van der Waals surface area contributed by atoms with Crippen molar-refractivity contribution in [2.24, 2.45) is 7.05 Å². The monoisotopic (exact) mass is 232 g/mol. The van der Waals surface area contributed by atoms with E-state index in [0.29, 0.717) is 6.04 Å². The summed E-state index contributed by atoms with van der Waals surface area (Å²) in [6, 6.07) is 2.30. The second kappa shape index (κ2) is 4.00. The molecule has 1 N–H and O–H groups in total. The van der Waals surface area contributed by atoms with E-state index in [1.54, 1.807) is 17.0 Å². The van der Waals surface area contributed by atoms with E-state index in [9.17, 15) is 4.79 Å². The average molecular weight is 232 g/mol. The zero-order valence-corrected chi connectivity index (χ0v) is 9.89. The van der Waals surface area contributed by atoms with Crippen LogP contribution in [-0.4, -0.2) is 26.7 Å². The Morgan fingerprint density at radius 2 is 2.41 bits per heavy atom. The quantitative estimate of drug-likeness (QED) is 0.819. The van der Waals surface area contributed by atoms with E-state index in [1.807, 2.05) is 17.7 Å². The molecule has 0 radical (unpaired) electrons. The molecule has 5 nitrogen and oxygen atoms in total. The van der Waals surface area contributed by atoms with Gasteiger partial charge in [0, 0.05) is 25.8 Å². The molecule has 1 aliphatic heterocycles. The van der Waals surface area contributed by atoms with Crippen LogP contribution in [0.1, 0.15) is 12.8 Å². The molecule has 0 aliphatic carbocycles. The Morgan fingerprint density at radius 3 is 3.18 bits per heavy atom. The molecule has 1 atom stereocenters. The van der Waals surface area contributed by atoms with Gasteiger partial charge in [-0.25, -0.2) is 4.79 Å². The fourth-order valence-corrected chi connectivity index (χ4v) is 2.57. The summed E-state index contributed by atoms with van der Waals surface area (Å²) in [5, 5.41) is 3.42. The van der Waals surface area contributed by atoms with Crippen molar-refractivity contribution >= 4 is 11.0 Å². The first-order chi connectivity index (χ1) is 8.27. The van der Waals surface area contributed by atoms with Crippen LogP contribution in [0.2, 0.25) is 0 Å². The maximum Gasteiger partial charge on any atom is 0.328 e. The van der Waals surface area contributed by atoms with E-state index in [-0.39, 0.29) is 5.69 Å². The van der Waals surface area contributed by atoms with E-state index < -0.39 is 0 Å². The lowest BCUT2D eigenvalue weighted by molar-refractivity contribution is 0.503. The van der Waals surface area contributed by atoms with Gasteiger partial charge in [0.2, 0.25) is 0 Å². The summed E-state index contributed by atoms with van der Waals surface area (Å²) < 4.78 is 3.51. The Bertz CT molecular complexity index is 592. The molecule has 0 spiro atoms. The minimum Gasteiger partial charge on any atom is -0.312 e. The standard InChI is InChI=1S/C12H16N4O/c1-15-10-4-6-13-7-11(10)16(12(15)17)8-9-3-2-5-14-9/h4,6-7,9,14H,2-3,5,8H2,1H3. The van der Waals surface area contributed by atoms with Crippen molar-refractivity contribution < 1.29 is 0 Å². The number of nitrogens with zero attached hydrogens (tertiary/aromatic N) is 3. The van der Waals surface area contributed by atoms with Gasteiger partial charge in [0.25, 0.3) is 0 Å². The van der Waals surface area contributed by atoms with Gasteiger partial charge in [-0.05, 0) is 25.5 Å². The van der Waals surface area contributed by atoms with Crippen LogP contribution in [0.3, 0.4) is 0 Å². The van der Waals surface area contributed by atoms with Gasteiger partial charge in [-0.15, -0.1) is 0 Å². The summed E-state index contributed by atoms with van der Waals surface area (Å²) in [4.78, 5) is 16.3. The van der Waals surface area contributed by atoms with Crippen LogP contribution in [0.25, 0.3) is 11.0 Å². The summed E-state index contributed by atoms with van der Waals surface area (Å²) in [6.45, 7) is 1.80. The number of nitrogens with one attached hydrogen (secondary N) is 1. The Labute approximate surface area is 99.1 Å². The number of rotatable bonds is 2. The molecule has 2 aromatic rings. The summed E-state index contributed by atoms with van der Waals surface area (Å²) in [6.07, 6.45) is 5.83. The highest BCUT2D eigenvalue weighted by Crippen LogP contribution is 2.13.